The van der Waals surface area contributed by atoms with E-state index in [2.05, 4.69) is 0 Å². The topological polar surface area (TPSA) is 97.4 Å². The van der Waals surface area contributed by atoms with Gasteiger partial charge >= 0.3 is 11.9 Å². The van der Waals surface area contributed by atoms with Gasteiger partial charge in [0.1, 0.15) is 17.2 Å². The molecule has 0 aliphatic rings. The highest BCUT2D eigenvalue weighted by Gasteiger charge is 2.25. The SMILES string of the molecule is CC=CCc1cc(C=CC(=O)c2ccc(OCOC(=O)C(C)(C)C)cc2)c(OCC)c(CC=CC)c1OCOC(=O)C(C)(C)C. The molecular weight excluding hydrogens is 572 g/mol. The highest BCUT2D eigenvalue weighted by molar-refractivity contribution is 6.07. The summed E-state index contributed by atoms with van der Waals surface area (Å²) in [6.07, 6.45) is 12.2. The van der Waals surface area contributed by atoms with Crippen molar-refractivity contribution in [2.75, 3.05) is 20.2 Å². The fourth-order valence-corrected chi connectivity index (χ4v) is 3.93. The third-order valence-electron chi connectivity index (χ3n) is 6.44. The van der Waals surface area contributed by atoms with Gasteiger partial charge in [0.05, 0.1) is 17.4 Å². The molecule has 244 valence electrons. The average Bonchev–Trinajstić information content (AvgIpc) is 2.98. The van der Waals surface area contributed by atoms with Crippen LogP contribution in [0.15, 0.2) is 60.7 Å². The third-order valence-corrected chi connectivity index (χ3v) is 6.44. The van der Waals surface area contributed by atoms with Gasteiger partial charge in [-0.2, -0.15) is 0 Å². The lowest BCUT2D eigenvalue weighted by Crippen LogP contribution is -2.25. The Balaban J connectivity index is 2.38. The second-order valence-corrected chi connectivity index (χ2v) is 12.4. The summed E-state index contributed by atoms with van der Waals surface area (Å²) in [5.41, 5.74) is 1.57. The predicted molar refractivity (Wildman–Crippen MR) is 177 cm³/mol. The summed E-state index contributed by atoms with van der Waals surface area (Å²) in [5, 5.41) is 0. The van der Waals surface area contributed by atoms with Crippen LogP contribution in [-0.4, -0.2) is 37.9 Å². The Labute approximate surface area is 268 Å². The zero-order chi connectivity index (χ0) is 33.6. The summed E-state index contributed by atoms with van der Waals surface area (Å²) in [6.45, 7) is 16.4. The van der Waals surface area contributed by atoms with Crippen LogP contribution in [0.4, 0.5) is 0 Å². The largest absolute Gasteiger partial charge is 0.493 e. The number of hydrogen-bond acceptors (Lipinski definition) is 8. The average molecular weight is 621 g/mol. The minimum absolute atomic E-state index is 0.206. The van der Waals surface area contributed by atoms with Crippen LogP contribution < -0.4 is 14.2 Å². The van der Waals surface area contributed by atoms with Crippen molar-refractivity contribution in [2.24, 2.45) is 10.8 Å². The van der Waals surface area contributed by atoms with Gasteiger partial charge in [-0.3, -0.25) is 14.4 Å². The smallest absolute Gasteiger partial charge is 0.314 e. The first-order chi connectivity index (χ1) is 21.2. The molecule has 0 atom stereocenters. The molecule has 0 amide bonds. The van der Waals surface area contributed by atoms with Crippen LogP contribution in [0.25, 0.3) is 6.08 Å². The standard InChI is InChI=1S/C37H48O8/c1-10-13-15-27-23-28(19-22-31(38)26-17-20-29(21-18-26)42-24-44-34(39)36(4,5)6)32(41-12-3)30(16-14-11-2)33(27)43-25-45-35(40)37(7,8)9/h10-11,13-14,17-23H,12,15-16,24-25H2,1-9H3. The van der Waals surface area contributed by atoms with E-state index >= 15 is 0 Å². The van der Waals surface area contributed by atoms with Gasteiger partial charge in [0.25, 0.3) is 0 Å². The maximum Gasteiger partial charge on any atom is 0.314 e. The molecule has 0 N–H and O–H groups in total. The molecule has 0 heterocycles. The number of esters is 2. The Bertz CT molecular complexity index is 1380. The molecule has 0 aromatic heterocycles. The number of hydrogen-bond donors (Lipinski definition) is 0. The number of benzene rings is 2. The van der Waals surface area contributed by atoms with Crippen molar-refractivity contribution in [1.82, 2.24) is 0 Å². The molecule has 0 saturated heterocycles. The Hall–Kier alpha value is -4.33. The molecular formula is C37H48O8. The van der Waals surface area contributed by atoms with Gasteiger partial charge in [-0.1, -0.05) is 24.3 Å². The van der Waals surface area contributed by atoms with E-state index in [0.717, 1.165) is 16.7 Å². The van der Waals surface area contributed by atoms with E-state index < -0.39 is 10.8 Å². The molecule has 0 radical (unpaired) electrons. The van der Waals surface area contributed by atoms with Gasteiger partial charge in [-0.05, 0) is 123 Å². The minimum atomic E-state index is -0.656. The number of allylic oxidation sites excluding steroid dienone is 5. The third kappa shape index (κ3) is 11.6. The van der Waals surface area contributed by atoms with E-state index in [1.165, 1.54) is 6.08 Å². The Morgan fingerprint density at radius 3 is 1.82 bits per heavy atom. The molecule has 8 nitrogen and oxygen atoms in total. The molecule has 8 heteroatoms. The Morgan fingerprint density at radius 2 is 1.29 bits per heavy atom. The van der Waals surface area contributed by atoms with Crippen molar-refractivity contribution in [2.45, 2.75) is 75.2 Å². The maximum absolute atomic E-state index is 13.1. The molecule has 0 saturated carbocycles. The van der Waals surface area contributed by atoms with Gasteiger partial charge in [0.15, 0.2) is 5.78 Å². The molecule has 0 unspecified atom stereocenters. The van der Waals surface area contributed by atoms with Gasteiger partial charge in [-0.15, -0.1) is 0 Å². The van der Waals surface area contributed by atoms with Crippen molar-refractivity contribution < 1.29 is 38.1 Å². The van der Waals surface area contributed by atoms with Crippen LogP contribution in [0.3, 0.4) is 0 Å². The van der Waals surface area contributed by atoms with Gasteiger partial charge in [0, 0.05) is 16.7 Å². The van der Waals surface area contributed by atoms with E-state index in [4.69, 9.17) is 23.7 Å². The minimum Gasteiger partial charge on any atom is -0.493 e. The van der Waals surface area contributed by atoms with Crippen LogP contribution in [0.1, 0.15) is 89.4 Å². The zero-order valence-corrected chi connectivity index (χ0v) is 28.2. The summed E-state index contributed by atoms with van der Waals surface area (Å²) in [4.78, 5) is 37.4. The second kappa shape index (κ2) is 17.2. The van der Waals surface area contributed by atoms with Crippen LogP contribution in [0.2, 0.25) is 0 Å². The van der Waals surface area contributed by atoms with E-state index in [-0.39, 0.29) is 31.3 Å². The van der Waals surface area contributed by atoms with E-state index in [1.54, 1.807) is 71.9 Å². The molecule has 2 rings (SSSR count). The quantitative estimate of drug-likeness (QED) is 0.0648. The fraction of sp³-hybridized carbons (Fsp3) is 0.432. The molecule has 0 spiro atoms. The molecule has 0 aliphatic carbocycles. The molecule has 0 fully saturated rings. The van der Waals surface area contributed by atoms with Crippen LogP contribution in [-0.2, 0) is 31.9 Å². The molecule has 45 heavy (non-hydrogen) atoms. The van der Waals surface area contributed by atoms with Crippen LogP contribution in [0, 0.1) is 10.8 Å². The molecule has 0 bridgehead atoms. The van der Waals surface area contributed by atoms with Crippen molar-refractivity contribution in [1.29, 1.82) is 0 Å². The van der Waals surface area contributed by atoms with Crippen molar-refractivity contribution in [3.8, 4) is 17.2 Å². The molecule has 2 aromatic carbocycles. The normalized spacial score (nSPS) is 12.1. The lowest BCUT2D eigenvalue weighted by Gasteiger charge is -2.22. The van der Waals surface area contributed by atoms with Crippen LogP contribution >= 0.6 is 0 Å². The van der Waals surface area contributed by atoms with Gasteiger partial charge < -0.3 is 23.7 Å². The van der Waals surface area contributed by atoms with Crippen molar-refractivity contribution in [3.63, 3.8) is 0 Å². The summed E-state index contributed by atoms with van der Waals surface area (Å²) in [5.74, 6) is 0.721. The van der Waals surface area contributed by atoms with Crippen molar-refractivity contribution >= 4 is 23.8 Å². The lowest BCUT2D eigenvalue weighted by molar-refractivity contribution is -0.160. The molecule has 0 aliphatic heterocycles. The predicted octanol–water partition coefficient (Wildman–Crippen LogP) is 8.07. The number of ether oxygens (including phenoxy) is 5. The van der Waals surface area contributed by atoms with E-state index in [1.807, 2.05) is 51.1 Å². The number of carbonyl (C=O) groups excluding carboxylic acids is 3. The summed E-state index contributed by atoms with van der Waals surface area (Å²) < 4.78 is 28.3. The first kappa shape index (κ1) is 36.9. The monoisotopic (exact) mass is 620 g/mol. The Kier molecular flexibility index (Phi) is 14.1. The molecule has 2 aromatic rings. The first-order valence-electron chi connectivity index (χ1n) is 15.2. The summed E-state index contributed by atoms with van der Waals surface area (Å²) in [7, 11) is 0. The van der Waals surface area contributed by atoms with Gasteiger partial charge in [-0.25, -0.2) is 0 Å². The van der Waals surface area contributed by atoms with Gasteiger partial charge in [0.2, 0.25) is 13.6 Å². The number of ketones is 1. The number of rotatable bonds is 15. The van der Waals surface area contributed by atoms with Crippen molar-refractivity contribution in [3.05, 3.63) is 83.0 Å². The highest BCUT2D eigenvalue weighted by Crippen LogP contribution is 2.38. The van der Waals surface area contributed by atoms with E-state index in [9.17, 15) is 14.4 Å². The maximum atomic E-state index is 13.1. The van der Waals surface area contributed by atoms with Crippen LogP contribution in [0.5, 0.6) is 17.2 Å². The summed E-state index contributed by atoms with van der Waals surface area (Å²) in [6, 6.07) is 8.55. The zero-order valence-electron chi connectivity index (χ0n) is 28.2. The Morgan fingerprint density at radius 1 is 0.733 bits per heavy atom. The lowest BCUT2D eigenvalue weighted by atomic mass is 9.96. The fourth-order valence-electron chi connectivity index (χ4n) is 3.93. The van der Waals surface area contributed by atoms with E-state index in [0.29, 0.717) is 42.3 Å². The first-order valence-corrected chi connectivity index (χ1v) is 15.2. The second-order valence-electron chi connectivity index (χ2n) is 12.4. The number of carbonyl (C=O) groups is 3. The summed E-state index contributed by atoms with van der Waals surface area (Å²) >= 11 is 0. The highest BCUT2D eigenvalue weighted by atomic mass is 16.7.